The molecule has 0 aromatic carbocycles. The van der Waals surface area contributed by atoms with Crippen LogP contribution in [-0.4, -0.2) is 32.2 Å². The fourth-order valence-electron chi connectivity index (χ4n) is 3.01. The van der Waals surface area contributed by atoms with Crippen LogP contribution in [0.15, 0.2) is 12.2 Å². The van der Waals surface area contributed by atoms with Crippen molar-refractivity contribution < 1.29 is 0 Å². The lowest BCUT2D eigenvalue weighted by Gasteiger charge is -2.37. The minimum atomic E-state index is -1.07. The second-order valence-corrected chi connectivity index (χ2v) is 10.8. The Kier molecular flexibility index (Phi) is 5.77. The molecule has 0 amide bonds. The third-order valence-electron chi connectivity index (χ3n) is 4.18. The van der Waals surface area contributed by atoms with Crippen LogP contribution in [0.25, 0.3) is 0 Å². The van der Waals surface area contributed by atoms with Crippen LogP contribution in [0.4, 0.5) is 0 Å². The lowest BCUT2D eigenvalue weighted by molar-refractivity contribution is 0.258. The average molecular weight is 239 g/mol. The molecule has 16 heavy (non-hydrogen) atoms. The van der Waals surface area contributed by atoms with Crippen molar-refractivity contribution in [2.24, 2.45) is 0 Å². The topological polar surface area (TPSA) is 3.24 Å². The molecule has 0 radical (unpaired) electrons. The molecule has 0 N–H and O–H groups in total. The molecule has 1 aliphatic heterocycles. The molecule has 1 heterocycles. The van der Waals surface area contributed by atoms with E-state index in [4.69, 9.17) is 0 Å². The van der Waals surface area contributed by atoms with Crippen molar-refractivity contribution in [3.63, 3.8) is 0 Å². The van der Waals surface area contributed by atoms with Gasteiger partial charge in [-0.1, -0.05) is 37.9 Å². The number of piperidine rings is 1. The maximum Gasteiger partial charge on any atom is 0.0724 e. The minimum Gasteiger partial charge on any atom is -0.306 e. The first kappa shape index (κ1) is 14.0. The summed E-state index contributed by atoms with van der Waals surface area (Å²) in [7, 11) is -1.07. The predicted molar refractivity (Wildman–Crippen MR) is 76.6 cm³/mol. The van der Waals surface area contributed by atoms with Gasteiger partial charge in [0.1, 0.15) is 0 Å². The molecule has 0 aromatic rings. The summed E-state index contributed by atoms with van der Waals surface area (Å²) in [4.78, 5) is 2.74. The van der Waals surface area contributed by atoms with E-state index in [9.17, 15) is 0 Å². The molecule has 0 aromatic heterocycles. The van der Waals surface area contributed by atoms with E-state index in [1.807, 2.05) is 0 Å². The van der Waals surface area contributed by atoms with Gasteiger partial charge in [0, 0.05) is 0 Å². The number of rotatable bonds is 6. The first-order valence-corrected chi connectivity index (χ1v) is 9.81. The molecule has 1 fully saturated rings. The fourth-order valence-corrected chi connectivity index (χ4v) is 7.12. The van der Waals surface area contributed by atoms with Crippen LogP contribution in [0.1, 0.15) is 40.0 Å². The number of allylic oxidation sites excluding steroid dienone is 1. The summed E-state index contributed by atoms with van der Waals surface area (Å²) >= 11 is 0. The predicted octanol–water partition coefficient (Wildman–Crippen LogP) is 4.08. The van der Waals surface area contributed by atoms with Crippen molar-refractivity contribution in [3.8, 4) is 0 Å². The van der Waals surface area contributed by atoms with E-state index in [1.165, 1.54) is 62.2 Å². The lowest BCUT2D eigenvalue weighted by atomic mass is 10.1. The highest BCUT2D eigenvalue weighted by atomic mass is 28.3. The monoisotopic (exact) mass is 239 g/mol. The Balaban J connectivity index is 2.57. The Morgan fingerprint density at radius 2 is 1.69 bits per heavy atom. The molecule has 0 atom stereocenters. The summed E-state index contributed by atoms with van der Waals surface area (Å²) in [5.41, 5.74) is 1.41. The fraction of sp³-hybridized carbons (Fsp3) is 0.857. The second-order valence-electron chi connectivity index (χ2n) is 5.68. The van der Waals surface area contributed by atoms with E-state index in [1.54, 1.807) is 0 Å². The van der Waals surface area contributed by atoms with Crippen molar-refractivity contribution >= 4 is 8.07 Å². The van der Waals surface area contributed by atoms with Gasteiger partial charge in [-0.25, -0.2) is 0 Å². The average Bonchev–Trinajstić information content (AvgIpc) is 2.29. The van der Waals surface area contributed by atoms with Crippen LogP contribution in [0.2, 0.25) is 18.1 Å². The van der Waals surface area contributed by atoms with Gasteiger partial charge in [0.05, 0.1) is 8.07 Å². The van der Waals surface area contributed by atoms with E-state index in [-0.39, 0.29) is 0 Å². The van der Waals surface area contributed by atoms with E-state index in [0.717, 1.165) is 0 Å². The van der Waals surface area contributed by atoms with Gasteiger partial charge in [-0.2, -0.15) is 0 Å². The maximum absolute atomic E-state index is 4.15. The highest BCUT2D eigenvalue weighted by Crippen LogP contribution is 2.26. The highest BCUT2D eigenvalue weighted by Gasteiger charge is 2.31. The number of hydrogen-bond acceptors (Lipinski definition) is 1. The molecule has 1 saturated heterocycles. The van der Waals surface area contributed by atoms with E-state index < -0.39 is 8.07 Å². The van der Waals surface area contributed by atoms with Gasteiger partial charge in [-0.05, 0) is 45.1 Å². The van der Waals surface area contributed by atoms with Crippen LogP contribution >= 0.6 is 0 Å². The van der Waals surface area contributed by atoms with Gasteiger partial charge in [-0.15, -0.1) is 6.58 Å². The molecule has 1 aliphatic rings. The Bertz CT molecular complexity index is 215. The van der Waals surface area contributed by atoms with Gasteiger partial charge >= 0.3 is 0 Å². The zero-order valence-electron chi connectivity index (χ0n) is 11.5. The number of hydrogen-bond donors (Lipinski definition) is 0. The van der Waals surface area contributed by atoms with Gasteiger partial charge in [0.25, 0.3) is 0 Å². The summed E-state index contributed by atoms with van der Waals surface area (Å²) in [5.74, 6) is 0. The smallest absolute Gasteiger partial charge is 0.0724 e. The summed E-state index contributed by atoms with van der Waals surface area (Å²) in [5, 5.41) is 0. The molecule has 0 bridgehead atoms. The van der Waals surface area contributed by atoms with Crippen LogP contribution in [0.3, 0.4) is 0 Å². The van der Waals surface area contributed by atoms with E-state index in [2.05, 4.69) is 32.3 Å². The zero-order valence-corrected chi connectivity index (χ0v) is 12.5. The first-order valence-electron chi connectivity index (χ1n) is 6.98. The summed E-state index contributed by atoms with van der Waals surface area (Å²) in [6, 6.07) is 4.19. The second kappa shape index (κ2) is 6.60. The Morgan fingerprint density at radius 1 is 1.12 bits per heavy atom. The van der Waals surface area contributed by atoms with E-state index >= 15 is 0 Å². The Labute approximate surface area is 103 Å². The summed E-state index contributed by atoms with van der Waals surface area (Å²) in [6.45, 7) is 13.9. The molecule has 0 unspecified atom stereocenters. The van der Waals surface area contributed by atoms with Gasteiger partial charge < -0.3 is 4.90 Å². The standard InChI is InChI=1S/C14H29NSi/c1-5-16(6-2,12-14(3)4)13-15-10-8-7-9-11-15/h3,5-13H2,1-2,4H3. The molecule has 0 aliphatic carbocycles. The van der Waals surface area contributed by atoms with Gasteiger partial charge in [-0.3, -0.25) is 0 Å². The molecule has 94 valence electrons. The number of likely N-dealkylation sites (tertiary alicyclic amines) is 1. The Hall–Kier alpha value is -0.0831. The highest BCUT2D eigenvalue weighted by molar-refractivity contribution is 6.80. The molecule has 1 rings (SSSR count). The normalized spacial score (nSPS) is 18.7. The maximum atomic E-state index is 4.15. The van der Waals surface area contributed by atoms with Crippen LogP contribution in [0.5, 0.6) is 0 Å². The molecule has 0 spiro atoms. The van der Waals surface area contributed by atoms with Crippen molar-refractivity contribution in [1.82, 2.24) is 4.90 Å². The molecule has 2 heteroatoms. The first-order chi connectivity index (χ1) is 7.62. The zero-order chi connectivity index (χ0) is 12.0. The summed E-state index contributed by atoms with van der Waals surface area (Å²) < 4.78 is 0. The van der Waals surface area contributed by atoms with Gasteiger partial charge in [0.2, 0.25) is 0 Å². The number of nitrogens with zero attached hydrogens (tertiary/aromatic N) is 1. The van der Waals surface area contributed by atoms with Crippen LogP contribution < -0.4 is 0 Å². The molecule has 0 saturated carbocycles. The van der Waals surface area contributed by atoms with Crippen LogP contribution in [0, 0.1) is 0 Å². The van der Waals surface area contributed by atoms with Crippen molar-refractivity contribution in [3.05, 3.63) is 12.2 Å². The third-order valence-corrected chi connectivity index (χ3v) is 9.66. The summed E-state index contributed by atoms with van der Waals surface area (Å²) in [6.07, 6.45) is 5.71. The van der Waals surface area contributed by atoms with Crippen LogP contribution in [-0.2, 0) is 0 Å². The van der Waals surface area contributed by atoms with Crippen molar-refractivity contribution in [2.75, 3.05) is 19.3 Å². The Morgan fingerprint density at radius 3 is 2.12 bits per heavy atom. The largest absolute Gasteiger partial charge is 0.306 e. The van der Waals surface area contributed by atoms with E-state index in [0.29, 0.717) is 0 Å². The molecular weight excluding hydrogens is 210 g/mol. The SMILES string of the molecule is C=C(C)C[Si](CC)(CC)CN1CCCCC1. The van der Waals surface area contributed by atoms with Gasteiger partial charge in [0.15, 0.2) is 0 Å². The quantitative estimate of drug-likeness (QED) is 0.499. The van der Waals surface area contributed by atoms with Crippen molar-refractivity contribution in [2.45, 2.75) is 58.2 Å². The lowest BCUT2D eigenvalue weighted by Crippen LogP contribution is -2.48. The van der Waals surface area contributed by atoms with Crippen molar-refractivity contribution in [1.29, 1.82) is 0 Å². The molecule has 1 nitrogen and oxygen atoms in total. The minimum absolute atomic E-state index is 1.07. The third kappa shape index (κ3) is 4.06. The molecular formula is C14H29NSi.